The van der Waals surface area contributed by atoms with Crippen LogP contribution in [0.25, 0.3) is 11.0 Å². The molecule has 1 aliphatic rings. The van der Waals surface area contributed by atoms with Gasteiger partial charge in [-0.3, -0.25) is 4.79 Å². The number of aromatic amines is 1. The van der Waals surface area contributed by atoms with Crippen molar-refractivity contribution >= 4 is 16.9 Å². The minimum absolute atomic E-state index is 0.0180. The van der Waals surface area contributed by atoms with E-state index in [2.05, 4.69) is 4.98 Å². The van der Waals surface area contributed by atoms with Crippen LogP contribution in [0.4, 0.5) is 0 Å². The summed E-state index contributed by atoms with van der Waals surface area (Å²) in [6, 6.07) is 11.7. The first-order valence-corrected chi connectivity index (χ1v) is 8.57. The lowest BCUT2D eigenvalue weighted by Crippen LogP contribution is -2.39. The molecule has 24 heavy (non-hydrogen) atoms. The van der Waals surface area contributed by atoms with Crippen molar-refractivity contribution in [1.29, 1.82) is 0 Å². The van der Waals surface area contributed by atoms with Crippen molar-refractivity contribution in [3.63, 3.8) is 0 Å². The first-order valence-electron chi connectivity index (χ1n) is 8.57. The number of carbonyl (C=O) groups excluding carboxylic acids is 1. The summed E-state index contributed by atoms with van der Waals surface area (Å²) in [4.78, 5) is 22.7. The maximum atomic E-state index is 12.7. The molecule has 5 nitrogen and oxygen atoms in total. The number of hydrogen-bond donors (Lipinski definition) is 1. The maximum Gasteiger partial charge on any atom is 0.289 e. The number of aryl methyl sites for hydroxylation is 1. The van der Waals surface area contributed by atoms with Gasteiger partial charge in [-0.05, 0) is 37.1 Å². The minimum atomic E-state index is -0.0180. The number of piperidine rings is 1. The molecule has 0 aliphatic carbocycles. The Bertz CT molecular complexity index is 831. The van der Waals surface area contributed by atoms with Gasteiger partial charge in [0, 0.05) is 25.4 Å². The van der Waals surface area contributed by atoms with Gasteiger partial charge in [0.2, 0.25) is 0 Å². The van der Waals surface area contributed by atoms with Gasteiger partial charge in [0.05, 0.1) is 11.0 Å². The van der Waals surface area contributed by atoms with E-state index >= 15 is 0 Å². The van der Waals surface area contributed by atoms with Crippen LogP contribution in [-0.4, -0.2) is 33.9 Å². The Morgan fingerprint density at radius 1 is 1.33 bits per heavy atom. The van der Waals surface area contributed by atoms with Gasteiger partial charge in [0.25, 0.3) is 5.91 Å². The number of likely N-dealkylation sites (tertiary alicyclic amines) is 1. The maximum absolute atomic E-state index is 12.7. The lowest BCUT2D eigenvalue weighted by atomic mass is 9.97. The van der Waals surface area contributed by atoms with E-state index in [4.69, 9.17) is 9.40 Å². The Kier molecular flexibility index (Phi) is 3.84. The van der Waals surface area contributed by atoms with Gasteiger partial charge in [0.1, 0.15) is 11.6 Å². The molecule has 1 aromatic carbocycles. The van der Waals surface area contributed by atoms with E-state index in [1.807, 2.05) is 42.2 Å². The molecule has 3 heterocycles. The molecule has 3 aromatic rings. The van der Waals surface area contributed by atoms with Gasteiger partial charge < -0.3 is 14.3 Å². The summed E-state index contributed by atoms with van der Waals surface area (Å²) < 4.78 is 5.62. The zero-order chi connectivity index (χ0) is 16.5. The summed E-state index contributed by atoms with van der Waals surface area (Å²) in [5, 5.41) is 0. The topological polar surface area (TPSA) is 62.1 Å². The van der Waals surface area contributed by atoms with Crippen molar-refractivity contribution in [2.24, 2.45) is 0 Å². The Hall–Kier alpha value is -2.56. The second-order valence-corrected chi connectivity index (χ2v) is 6.35. The SMILES string of the molecule is CCc1ccc(C(=O)N2CCCC(c3nc4ccccc4[nH]3)C2)o1. The predicted octanol–water partition coefficient (Wildman–Crippen LogP) is 3.74. The highest BCUT2D eigenvalue weighted by Gasteiger charge is 2.28. The summed E-state index contributed by atoms with van der Waals surface area (Å²) in [6.07, 6.45) is 2.83. The number of imidazole rings is 1. The number of fused-ring (bicyclic) bond motifs is 1. The highest BCUT2D eigenvalue weighted by Crippen LogP contribution is 2.27. The Morgan fingerprint density at radius 2 is 2.21 bits per heavy atom. The minimum Gasteiger partial charge on any atom is -0.456 e. The number of H-pyrrole nitrogens is 1. The van der Waals surface area contributed by atoms with E-state index in [1.54, 1.807) is 6.07 Å². The summed E-state index contributed by atoms with van der Waals surface area (Å²) in [6.45, 7) is 3.48. The van der Waals surface area contributed by atoms with E-state index in [-0.39, 0.29) is 11.8 Å². The Morgan fingerprint density at radius 3 is 3.00 bits per heavy atom. The van der Waals surface area contributed by atoms with Crippen LogP contribution in [0, 0.1) is 0 Å². The smallest absolute Gasteiger partial charge is 0.289 e. The molecule has 1 fully saturated rings. The number of hydrogen-bond acceptors (Lipinski definition) is 3. The summed E-state index contributed by atoms with van der Waals surface area (Å²) >= 11 is 0. The van der Waals surface area contributed by atoms with E-state index in [0.717, 1.165) is 48.4 Å². The number of para-hydroxylation sites is 2. The van der Waals surface area contributed by atoms with Gasteiger partial charge in [-0.15, -0.1) is 0 Å². The van der Waals surface area contributed by atoms with Crippen molar-refractivity contribution < 1.29 is 9.21 Å². The van der Waals surface area contributed by atoms with Gasteiger partial charge in [-0.2, -0.15) is 0 Å². The number of amides is 1. The first-order chi connectivity index (χ1) is 11.7. The van der Waals surface area contributed by atoms with Crippen molar-refractivity contribution in [1.82, 2.24) is 14.9 Å². The summed E-state index contributed by atoms with van der Waals surface area (Å²) in [5.41, 5.74) is 2.03. The summed E-state index contributed by atoms with van der Waals surface area (Å²) in [5.74, 6) is 2.50. The molecule has 1 aliphatic heterocycles. The van der Waals surface area contributed by atoms with E-state index in [1.165, 1.54) is 0 Å². The van der Waals surface area contributed by atoms with Crippen molar-refractivity contribution in [2.75, 3.05) is 13.1 Å². The van der Waals surface area contributed by atoms with Crippen LogP contribution in [0.1, 0.15) is 47.8 Å². The number of nitrogens with one attached hydrogen (secondary N) is 1. The molecule has 1 N–H and O–H groups in total. The largest absolute Gasteiger partial charge is 0.456 e. The highest BCUT2D eigenvalue weighted by molar-refractivity contribution is 5.91. The van der Waals surface area contributed by atoms with Crippen LogP contribution in [0.2, 0.25) is 0 Å². The second-order valence-electron chi connectivity index (χ2n) is 6.35. The van der Waals surface area contributed by atoms with Crippen LogP contribution in [0.15, 0.2) is 40.8 Å². The quantitative estimate of drug-likeness (QED) is 0.798. The third kappa shape index (κ3) is 2.70. The zero-order valence-electron chi connectivity index (χ0n) is 13.8. The number of benzene rings is 1. The number of rotatable bonds is 3. The van der Waals surface area contributed by atoms with E-state index in [9.17, 15) is 4.79 Å². The summed E-state index contributed by atoms with van der Waals surface area (Å²) in [7, 11) is 0. The molecule has 1 amide bonds. The number of furan rings is 1. The molecule has 0 bridgehead atoms. The molecule has 124 valence electrons. The van der Waals surface area contributed by atoms with Crippen molar-refractivity contribution in [3.05, 3.63) is 53.7 Å². The number of carbonyl (C=O) groups is 1. The third-order valence-electron chi connectivity index (χ3n) is 4.72. The van der Waals surface area contributed by atoms with E-state index < -0.39 is 0 Å². The van der Waals surface area contributed by atoms with Crippen molar-refractivity contribution in [2.45, 2.75) is 32.1 Å². The molecule has 0 spiro atoms. The monoisotopic (exact) mass is 323 g/mol. The van der Waals surface area contributed by atoms with Crippen LogP contribution < -0.4 is 0 Å². The third-order valence-corrected chi connectivity index (χ3v) is 4.72. The average molecular weight is 323 g/mol. The molecular formula is C19H21N3O2. The molecule has 2 aromatic heterocycles. The number of nitrogens with zero attached hydrogens (tertiary/aromatic N) is 2. The lowest BCUT2D eigenvalue weighted by molar-refractivity contribution is 0.0671. The van der Waals surface area contributed by atoms with Crippen LogP contribution in [0.3, 0.4) is 0 Å². The standard InChI is InChI=1S/C19H21N3O2/c1-2-14-9-10-17(24-14)19(23)22-11-5-6-13(12-22)18-20-15-7-3-4-8-16(15)21-18/h3-4,7-10,13H,2,5-6,11-12H2,1H3,(H,20,21). The van der Waals surface area contributed by atoms with Gasteiger partial charge >= 0.3 is 0 Å². The lowest BCUT2D eigenvalue weighted by Gasteiger charge is -2.31. The first kappa shape index (κ1) is 15.0. The molecule has 4 rings (SSSR count). The van der Waals surface area contributed by atoms with Crippen LogP contribution in [-0.2, 0) is 6.42 Å². The fourth-order valence-electron chi connectivity index (χ4n) is 3.39. The van der Waals surface area contributed by atoms with Gasteiger partial charge in [-0.25, -0.2) is 4.98 Å². The molecule has 0 saturated carbocycles. The molecule has 1 atom stereocenters. The number of aromatic nitrogens is 2. The van der Waals surface area contributed by atoms with Gasteiger partial charge in [0.15, 0.2) is 5.76 Å². The fraction of sp³-hybridized carbons (Fsp3) is 0.368. The molecule has 1 unspecified atom stereocenters. The van der Waals surface area contributed by atoms with E-state index in [0.29, 0.717) is 12.3 Å². The average Bonchev–Trinajstić information content (AvgIpc) is 3.28. The zero-order valence-corrected chi connectivity index (χ0v) is 13.8. The fourth-order valence-corrected chi connectivity index (χ4v) is 3.39. The molecular weight excluding hydrogens is 302 g/mol. The Labute approximate surface area is 140 Å². The molecule has 5 heteroatoms. The van der Waals surface area contributed by atoms with Crippen LogP contribution in [0.5, 0.6) is 0 Å². The highest BCUT2D eigenvalue weighted by atomic mass is 16.4. The molecule has 0 radical (unpaired) electrons. The van der Waals surface area contributed by atoms with Gasteiger partial charge in [-0.1, -0.05) is 19.1 Å². The predicted molar refractivity (Wildman–Crippen MR) is 92.1 cm³/mol. The normalized spacial score (nSPS) is 18.2. The molecule has 1 saturated heterocycles. The second kappa shape index (κ2) is 6.15. The Balaban J connectivity index is 1.53. The van der Waals surface area contributed by atoms with Crippen LogP contribution >= 0.6 is 0 Å². The van der Waals surface area contributed by atoms with Crippen molar-refractivity contribution in [3.8, 4) is 0 Å².